The van der Waals surface area contributed by atoms with Crippen molar-refractivity contribution in [3.05, 3.63) is 81.9 Å². The van der Waals surface area contributed by atoms with Gasteiger partial charge in [0.05, 0.1) is 11.0 Å². The van der Waals surface area contributed by atoms with Crippen molar-refractivity contribution in [1.82, 2.24) is 5.32 Å². The summed E-state index contributed by atoms with van der Waals surface area (Å²) >= 11 is 0. The summed E-state index contributed by atoms with van der Waals surface area (Å²) in [5, 5.41) is 13.8. The van der Waals surface area contributed by atoms with Gasteiger partial charge < -0.3 is 5.32 Å². The van der Waals surface area contributed by atoms with Crippen molar-refractivity contribution in [3.8, 4) is 0 Å². The van der Waals surface area contributed by atoms with E-state index in [1.807, 2.05) is 30.3 Å². The third kappa shape index (κ3) is 5.88. The van der Waals surface area contributed by atoms with Gasteiger partial charge in [0.25, 0.3) is 5.69 Å². The third-order valence-corrected chi connectivity index (χ3v) is 3.73. The maximum atomic E-state index is 12.3. The lowest BCUT2D eigenvalue weighted by molar-refractivity contribution is -0.384. The Kier molecular flexibility index (Phi) is 6.46. The maximum Gasteiger partial charge on any atom is 0.270 e. The van der Waals surface area contributed by atoms with Gasteiger partial charge in [0.2, 0.25) is 5.91 Å². The van der Waals surface area contributed by atoms with Crippen molar-refractivity contribution in [3.63, 3.8) is 0 Å². The number of nitrogens with zero attached hydrogens (tertiary/aromatic N) is 1. The Hall–Kier alpha value is -2.95. The van der Waals surface area contributed by atoms with E-state index in [1.165, 1.54) is 18.2 Å². The van der Waals surface area contributed by atoms with Crippen molar-refractivity contribution in [2.24, 2.45) is 5.92 Å². The zero-order valence-electron chi connectivity index (χ0n) is 14.4. The van der Waals surface area contributed by atoms with Crippen molar-refractivity contribution in [2.75, 3.05) is 0 Å². The van der Waals surface area contributed by atoms with Gasteiger partial charge in [0.1, 0.15) is 0 Å². The number of non-ortho nitro benzene ring substituents is 1. The van der Waals surface area contributed by atoms with Crippen LogP contribution < -0.4 is 5.32 Å². The molecule has 0 aromatic heterocycles. The van der Waals surface area contributed by atoms with Crippen LogP contribution in [0.15, 0.2) is 60.7 Å². The summed E-state index contributed by atoms with van der Waals surface area (Å²) in [7, 11) is 0. The first-order valence-corrected chi connectivity index (χ1v) is 8.23. The van der Waals surface area contributed by atoms with Crippen molar-refractivity contribution >= 4 is 17.7 Å². The number of hydrogen-bond donors (Lipinski definition) is 1. The summed E-state index contributed by atoms with van der Waals surface area (Å²) in [5.74, 6) is 0.215. The van der Waals surface area contributed by atoms with E-state index in [9.17, 15) is 14.9 Å². The van der Waals surface area contributed by atoms with Gasteiger partial charge in [-0.3, -0.25) is 14.9 Å². The molecule has 5 nitrogen and oxygen atoms in total. The lowest BCUT2D eigenvalue weighted by atomic mass is 9.97. The van der Waals surface area contributed by atoms with Crippen LogP contribution in [0.4, 0.5) is 5.69 Å². The summed E-state index contributed by atoms with van der Waals surface area (Å²) < 4.78 is 0. The summed E-state index contributed by atoms with van der Waals surface area (Å²) in [5.41, 5.74) is 1.68. The largest absolute Gasteiger partial charge is 0.346 e. The summed E-state index contributed by atoms with van der Waals surface area (Å²) in [6.45, 7) is 4.22. The van der Waals surface area contributed by atoms with E-state index in [1.54, 1.807) is 18.2 Å². The minimum atomic E-state index is -0.453. The molecule has 0 heterocycles. The summed E-state index contributed by atoms with van der Waals surface area (Å²) in [6.07, 6.45) is 3.83. The molecule has 5 heteroatoms. The van der Waals surface area contributed by atoms with Crippen molar-refractivity contribution in [2.45, 2.75) is 26.3 Å². The Morgan fingerprint density at radius 3 is 2.52 bits per heavy atom. The number of nitro groups is 1. The normalized spacial score (nSPS) is 12.3. The van der Waals surface area contributed by atoms with Crippen LogP contribution in [-0.4, -0.2) is 10.8 Å². The second-order valence-electron chi connectivity index (χ2n) is 6.29. The first-order valence-electron chi connectivity index (χ1n) is 8.23. The lowest BCUT2D eigenvalue weighted by Crippen LogP contribution is -2.27. The van der Waals surface area contributed by atoms with E-state index in [-0.39, 0.29) is 17.6 Å². The highest BCUT2D eigenvalue weighted by Crippen LogP contribution is 2.21. The van der Waals surface area contributed by atoms with Crippen LogP contribution in [0, 0.1) is 16.0 Å². The van der Waals surface area contributed by atoms with Crippen LogP contribution in [0.2, 0.25) is 0 Å². The molecule has 130 valence electrons. The molecule has 0 saturated heterocycles. The predicted octanol–water partition coefficient (Wildman–Crippen LogP) is 4.51. The van der Waals surface area contributed by atoms with E-state index in [0.717, 1.165) is 12.0 Å². The SMILES string of the molecule is CC(C)C[C@@H](NC(=O)/C=C/c1cccc([N+](=O)[O-])c1)c1ccccc1. The van der Waals surface area contributed by atoms with E-state index >= 15 is 0 Å². The molecule has 0 aliphatic heterocycles. The molecule has 25 heavy (non-hydrogen) atoms. The van der Waals surface area contributed by atoms with Crippen LogP contribution in [-0.2, 0) is 4.79 Å². The Bertz CT molecular complexity index is 755. The van der Waals surface area contributed by atoms with E-state index in [0.29, 0.717) is 11.5 Å². The number of carbonyl (C=O) groups is 1. The average Bonchev–Trinajstić information content (AvgIpc) is 2.60. The van der Waals surface area contributed by atoms with Crippen LogP contribution in [0.3, 0.4) is 0 Å². The molecule has 1 N–H and O–H groups in total. The van der Waals surface area contributed by atoms with Crippen LogP contribution in [0.25, 0.3) is 6.08 Å². The number of nitro benzene ring substituents is 1. The first-order chi connectivity index (χ1) is 12.0. The highest BCUT2D eigenvalue weighted by atomic mass is 16.6. The van der Waals surface area contributed by atoms with Crippen LogP contribution >= 0.6 is 0 Å². The van der Waals surface area contributed by atoms with Gasteiger partial charge in [0.15, 0.2) is 0 Å². The van der Waals surface area contributed by atoms with Crippen molar-refractivity contribution < 1.29 is 9.72 Å². The van der Waals surface area contributed by atoms with E-state index in [4.69, 9.17) is 0 Å². The Morgan fingerprint density at radius 2 is 1.88 bits per heavy atom. The molecule has 1 amide bonds. The second kappa shape index (κ2) is 8.78. The van der Waals surface area contributed by atoms with Gasteiger partial charge in [0, 0.05) is 18.2 Å². The molecule has 0 aliphatic carbocycles. The first kappa shape index (κ1) is 18.4. The fourth-order valence-corrected chi connectivity index (χ4v) is 2.57. The van der Waals surface area contributed by atoms with Gasteiger partial charge in [-0.05, 0) is 29.5 Å². The number of benzene rings is 2. The fraction of sp³-hybridized carbons (Fsp3) is 0.250. The maximum absolute atomic E-state index is 12.3. The Morgan fingerprint density at radius 1 is 1.16 bits per heavy atom. The lowest BCUT2D eigenvalue weighted by Gasteiger charge is -2.20. The highest BCUT2D eigenvalue weighted by Gasteiger charge is 2.14. The van der Waals surface area contributed by atoms with E-state index in [2.05, 4.69) is 19.2 Å². The Labute approximate surface area is 147 Å². The molecule has 0 aliphatic rings. The minimum Gasteiger partial charge on any atom is -0.346 e. The molecular weight excluding hydrogens is 316 g/mol. The average molecular weight is 338 g/mol. The number of rotatable bonds is 7. The molecule has 0 radical (unpaired) electrons. The molecule has 2 rings (SSSR count). The minimum absolute atomic E-state index is 0.00419. The van der Waals surface area contributed by atoms with Gasteiger partial charge in [-0.15, -0.1) is 0 Å². The zero-order chi connectivity index (χ0) is 18.2. The van der Waals surface area contributed by atoms with E-state index < -0.39 is 4.92 Å². The molecule has 0 spiro atoms. The molecule has 2 aromatic rings. The standard InChI is InChI=1S/C20H22N2O3/c1-15(2)13-19(17-8-4-3-5-9-17)21-20(23)12-11-16-7-6-10-18(14-16)22(24)25/h3-12,14-15,19H,13H2,1-2H3,(H,21,23)/b12-11+/t19-/m1/s1. The third-order valence-electron chi connectivity index (χ3n) is 3.73. The number of nitrogens with one attached hydrogen (secondary N) is 1. The fourth-order valence-electron chi connectivity index (χ4n) is 2.57. The quantitative estimate of drug-likeness (QED) is 0.458. The number of amides is 1. The van der Waals surface area contributed by atoms with Gasteiger partial charge in [-0.1, -0.05) is 56.3 Å². The summed E-state index contributed by atoms with van der Waals surface area (Å²) in [4.78, 5) is 22.6. The highest BCUT2D eigenvalue weighted by molar-refractivity contribution is 5.92. The summed E-state index contributed by atoms with van der Waals surface area (Å²) in [6, 6.07) is 16.0. The Balaban J connectivity index is 2.08. The van der Waals surface area contributed by atoms with Gasteiger partial charge >= 0.3 is 0 Å². The zero-order valence-corrected chi connectivity index (χ0v) is 14.4. The molecule has 0 fully saturated rings. The van der Waals surface area contributed by atoms with Crippen LogP contribution in [0.5, 0.6) is 0 Å². The number of hydrogen-bond acceptors (Lipinski definition) is 3. The number of carbonyl (C=O) groups excluding carboxylic acids is 1. The topological polar surface area (TPSA) is 72.2 Å². The second-order valence-corrected chi connectivity index (χ2v) is 6.29. The van der Waals surface area contributed by atoms with Gasteiger partial charge in [-0.2, -0.15) is 0 Å². The molecule has 2 aromatic carbocycles. The smallest absolute Gasteiger partial charge is 0.270 e. The molecule has 1 atom stereocenters. The van der Waals surface area contributed by atoms with Crippen LogP contribution in [0.1, 0.15) is 37.4 Å². The van der Waals surface area contributed by atoms with Gasteiger partial charge in [-0.25, -0.2) is 0 Å². The molecular formula is C20H22N2O3. The predicted molar refractivity (Wildman–Crippen MR) is 98.9 cm³/mol. The molecule has 0 bridgehead atoms. The molecule has 0 unspecified atom stereocenters. The monoisotopic (exact) mass is 338 g/mol. The molecule has 0 saturated carbocycles. The van der Waals surface area contributed by atoms with Crippen molar-refractivity contribution in [1.29, 1.82) is 0 Å².